The van der Waals surface area contributed by atoms with Gasteiger partial charge < -0.3 is 0 Å². The Hall–Kier alpha value is 0.220. The molecule has 0 aliphatic carbocycles. The lowest BCUT2D eigenvalue weighted by Crippen LogP contribution is -2.25. The second kappa shape index (κ2) is 10.9. The first-order valence-electron chi connectivity index (χ1n) is 10.4. The molecule has 0 aliphatic heterocycles. The summed E-state index contributed by atoms with van der Waals surface area (Å²) in [5.41, 5.74) is -2.76. The molecular formula is C20H44O8P2. The first-order chi connectivity index (χ1) is 13.0. The molecule has 0 amide bonds. The van der Waals surface area contributed by atoms with Crippen LogP contribution in [0.25, 0.3) is 0 Å². The molecule has 0 N–H and O–H groups in total. The van der Waals surface area contributed by atoms with Crippen molar-refractivity contribution < 1.29 is 36.3 Å². The normalized spacial score (nSPS) is 14.9. The third kappa shape index (κ3) is 16.9. The van der Waals surface area contributed by atoms with Crippen molar-refractivity contribution >= 4 is 15.6 Å². The summed E-state index contributed by atoms with van der Waals surface area (Å²) in [7, 11) is -7.49. The third-order valence-electron chi connectivity index (χ3n) is 2.58. The first kappa shape index (κ1) is 30.2. The molecule has 8 nitrogen and oxygen atoms in total. The van der Waals surface area contributed by atoms with E-state index in [0.29, 0.717) is 12.8 Å². The first-order valence-corrected chi connectivity index (χ1v) is 13.3. The highest BCUT2D eigenvalue weighted by molar-refractivity contribution is 7.48. The third-order valence-corrected chi connectivity index (χ3v) is 6.66. The maximum atomic E-state index is 13.0. The molecular weight excluding hydrogens is 430 g/mol. The van der Waals surface area contributed by atoms with Gasteiger partial charge in [-0.2, -0.15) is 0 Å². The predicted molar refractivity (Wildman–Crippen MR) is 120 cm³/mol. The van der Waals surface area contributed by atoms with Gasteiger partial charge in [0.25, 0.3) is 0 Å². The Balaban J connectivity index is 4.75. The molecule has 0 fully saturated rings. The lowest BCUT2D eigenvalue weighted by molar-refractivity contribution is -0.00278. The highest BCUT2D eigenvalue weighted by atomic mass is 31.2. The molecule has 0 rings (SSSR count). The largest absolute Gasteiger partial charge is 0.475 e. The van der Waals surface area contributed by atoms with Gasteiger partial charge in [-0.05, 0) is 95.9 Å². The predicted octanol–water partition coefficient (Wildman–Crippen LogP) is 7.28. The van der Waals surface area contributed by atoms with Gasteiger partial charge in [0.15, 0.2) is 0 Å². The molecule has 0 aromatic rings. The molecule has 0 saturated heterocycles. The molecule has 0 aromatic carbocycles. The second-order valence-corrected chi connectivity index (χ2v) is 14.1. The molecule has 182 valence electrons. The van der Waals surface area contributed by atoms with E-state index < -0.39 is 38.0 Å². The topological polar surface area (TPSA) is 89.5 Å². The number of rotatable bonds is 11. The van der Waals surface area contributed by atoms with Crippen molar-refractivity contribution in [2.75, 3.05) is 13.2 Å². The summed E-state index contributed by atoms with van der Waals surface area (Å²) in [6.45, 7) is 21.7. The second-order valence-electron chi connectivity index (χ2n) is 11.1. The Morgan fingerprint density at radius 1 is 0.467 bits per heavy atom. The van der Waals surface area contributed by atoms with E-state index in [1.54, 1.807) is 83.1 Å². The molecule has 0 spiro atoms. The zero-order chi connectivity index (χ0) is 24.1. The Labute approximate surface area is 183 Å². The zero-order valence-corrected chi connectivity index (χ0v) is 22.8. The molecule has 0 aromatic heterocycles. The maximum absolute atomic E-state index is 13.0. The average molecular weight is 475 g/mol. The van der Waals surface area contributed by atoms with Gasteiger partial charge in [0.2, 0.25) is 0 Å². The van der Waals surface area contributed by atoms with Gasteiger partial charge in [-0.1, -0.05) is 0 Å². The fourth-order valence-electron chi connectivity index (χ4n) is 2.04. The Morgan fingerprint density at radius 3 is 0.833 bits per heavy atom. The van der Waals surface area contributed by atoms with Gasteiger partial charge in [0, 0.05) is 0 Å². The number of hydrogen-bond donors (Lipinski definition) is 0. The summed E-state index contributed by atoms with van der Waals surface area (Å²) < 4.78 is 59.2. The highest BCUT2D eigenvalue weighted by Gasteiger charge is 2.38. The molecule has 30 heavy (non-hydrogen) atoms. The van der Waals surface area contributed by atoms with E-state index in [4.69, 9.17) is 27.1 Å². The van der Waals surface area contributed by atoms with Crippen molar-refractivity contribution in [3.05, 3.63) is 0 Å². The van der Waals surface area contributed by atoms with Crippen molar-refractivity contribution in [2.45, 2.75) is 118 Å². The molecule has 0 atom stereocenters. The van der Waals surface area contributed by atoms with Crippen LogP contribution < -0.4 is 0 Å². The zero-order valence-electron chi connectivity index (χ0n) is 21.0. The van der Waals surface area contributed by atoms with Crippen LogP contribution in [0.1, 0.15) is 95.9 Å². The van der Waals surface area contributed by atoms with Crippen LogP contribution in [0.15, 0.2) is 0 Å². The summed E-state index contributed by atoms with van der Waals surface area (Å²) in [6, 6.07) is 0. The minimum atomic E-state index is -3.74. The monoisotopic (exact) mass is 474 g/mol. The molecule has 10 heteroatoms. The van der Waals surface area contributed by atoms with E-state index in [0.717, 1.165) is 0 Å². The van der Waals surface area contributed by atoms with E-state index in [9.17, 15) is 9.13 Å². The highest BCUT2D eigenvalue weighted by Crippen LogP contribution is 2.56. The van der Waals surface area contributed by atoms with Crippen LogP contribution in [0.3, 0.4) is 0 Å². The number of unbranched alkanes of at least 4 members (excludes halogenated alkanes) is 1. The van der Waals surface area contributed by atoms with Crippen LogP contribution >= 0.6 is 15.6 Å². The standard InChI is InChI=1S/C20H44O8P2/c1-17(2,3)25-29(21,26-18(4,5)6)23-15-13-14-16-24-30(22,27-19(7,8)9)28-20(10,11)12/h13-16H2,1-12H3. The molecule has 0 aliphatic rings. The molecule has 0 unspecified atom stereocenters. The van der Waals surface area contributed by atoms with E-state index in [1.807, 2.05) is 0 Å². The fraction of sp³-hybridized carbons (Fsp3) is 1.00. The van der Waals surface area contributed by atoms with E-state index in [2.05, 4.69) is 0 Å². The molecule has 0 heterocycles. The van der Waals surface area contributed by atoms with E-state index in [1.165, 1.54) is 0 Å². The summed E-state index contributed by atoms with van der Waals surface area (Å²) in [5.74, 6) is 0. The SMILES string of the molecule is CC(C)(C)OP(=O)(OCCCCOP(=O)(OC(C)(C)C)OC(C)(C)C)OC(C)(C)C. The van der Waals surface area contributed by atoms with Crippen LogP contribution in [-0.2, 0) is 36.3 Å². The van der Waals surface area contributed by atoms with Gasteiger partial charge in [-0.3, -0.25) is 27.1 Å². The summed E-state index contributed by atoms with van der Waals surface area (Å²) in [4.78, 5) is 0. The van der Waals surface area contributed by atoms with Gasteiger partial charge in [-0.15, -0.1) is 0 Å². The van der Waals surface area contributed by atoms with Crippen molar-refractivity contribution in [1.82, 2.24) is 0 Å². The average Bonchev–Trinajstić information content (AvgIpc) is 2.33. The molecule has 0 saturated carbocycles. The molecule has 0 bridgehead atoms. The molecule has 0 radical (unpaired) electrons. The van der Waals surface area contributed by atoms with Crippen molar-refractivity contribution in [3.8, 4) is 0 Å². The Bertz CT molecular complexity index is 512. The number of phosphoric ester groups is 2. The van der Waals surface area contributed by atoms with Crippen molar-refractivity contribution in [3.63, 3.8) is 0 Å². The van der Waals surface area contributed by atoms with Crippen LogP contribution in [-0.4, -0.2) is 35.6 Å². The van der Waals surface area contributed by atoms with Crippen LogP contribution in [0.4, 0.5) is 0 Å². The van der Waals surface area contributed by atoms with Gasteiger partial charge in [0.05, 0.1) is 35.6 Å². The fourth-order valence-corrected chi connectivity index (χ4v) is 5.72. The van der Waals surface area contributed by atoms with Gasteiger partial charge in [-0.25, -0.2) is 9.13 Å². The van der Waals surface area contributed by atoms with Crippen LogP contribution in [0.5, 0.6) is 0 Å². The maximum Gasteiger partial charge on any atom is 0.475 e. The Morgan fingerprint density at radius 2 is 0.667 bits per heavy atom. The van der Waals surface area contributed by atoms with Crippen molar-refractivity contribution in [2.24, 2.45) is 0 Å². The minimum absolute atomic E-state index is 0.136. The Kier molecular flexibility index (Phi) is 11.0. The quantitative estimate of drug-likeness (QED) is 0.228. The van der Waals surface area contributed by atoms with Gasteiger partial charge in [0.1, 0.15) is 0 Å². The van der Waals surface area contributed by atoms with E-state index in [-0.39, 0.29) is 13.2 Å². The van der Waals surface area contributed by atoms with Crippen LogP contribution in [0.2, 0.25) is 0 Å². The number of hydrogen-bond acceptors (Lipinski definition) is 8. The summed E-state index contributed by atoms with van der Waals surface area (Å²) in [5, 5.41) is 0. The lowest BCUT2D eigenvalue weighted by Gasteiger charge is -2.31. The number of phosphoric acid groups is 2. The summed E-state index contributed by atoms with van der Waals surface area (Å²) >= 11 is 0. The van der Waals surface area contributed by atoms with Gasteiger partial charge >= 0.3 is 15.6 Å². The van der Waals surface area contributed by atoms with Crippen molar-refractivity contribution in [1.29, 1.82) is 0 Å². The van der Waals surface area contributed by atoms with E-state index >= 15 is 0 Å². The van der Waals surface area contributed by atoms with Crippen LogP contribution in [0, 0.1) is 0 Å². The minimum Gasteiger partial charge on any atom is -0.287 e. The smallest absolute Gasteiger partial charge is 0.287 e. The lowest BCUT2D eigenvalue weighted by atomic mass is 10.2. The summed E-state index contributed by atoms with van der Waals surface area (Å²) in [6.07, 6.45) is 0.992.